The van der Waals surface area contributed by atoms with Gasteiger partial charge in [0.05, 0.1) is 4.90 Å². The molecule has 4 N–H and O–H groups in total. The van der Waals surface area contributed by atoms with Crippen LogP contribution >= 0.6 is 0 Å². The molecule has 1 aromatic carbocycles. The van der Waals surface area contributed by atoms with Gasteiger partial charge < -0.3 is 10.3 Å². The number of carbonyl (C=O) groups is 1. The molecule has 1 aromatic heterocycles. The molecule has 1 heterocycles. The summed E-state index contributed by atoms with van der Waals surface area (Å²) in [6.45, 7) is 0. The van der Waals surface area contributed by atoms with Crippen LogP contribution in [0, 0.1) is 5.82 Å². The van der Waals surface area contributed by atoms with Crippen molar-refractivity contribution in [2.45, 2.75) is 4.90 Å². The number of anilines is 1. The van der Waals surface area contributed by atoms with Gasteiger partial charge in [-0.1, -0.05) is 0 Å². The third kappa shape index (κ3) is 3.52. The van der Waals surface area contributed by atoms with Gasteiger partial charge in [-0.2, -0.15) is 0 Å². The fraction of sp³-hybridized carbons (Fsp3) is 0. The minimum atomic E-state index is -4.12. The number of primary sulfonamides is 1. The summed E-state index contributed by atoms with van der Waals surface area (Å²) in [4.78, 5) is 25.4. The van der Waals surface area contributed by atoms with E-state index in [1.54, 1.807) is 0 Å². The van der Waals surface area contributed by atoms with Gasteiger partial charge in [-0.25, -0.2) is 17.9 Å². The molecule has 0 spiro atoms. The molecule has 9 heteroatoms. The van der Waals surface area contributed by atoms with Gasteiger partial charge in [-0.15, -0.1) is 0 Å². The van der Waals surface area contributed by atoms with E-state index >= 15 is 0 Å². The van der Waals surface area contributed by atoms with Crippen LogP contribution in [-0.4, -0.2) is 19.3 Å². The number of H-pyrrole nitrogens is 1. The van der Waals surface area contributed by atoms with Gasteiger partial charge >= 0.3 is 0 Å². The van der Waals surface area contributed by atoms with E-state index in [2.05, 4.69) is 10.3 Å². The number of carbonyl (C=O) groups excluding carboxylic acids is 1. The summed E-state index contributed by atoms with van der Waals surface area (Å²) in [5, 5.41) is 7.13. The second-order valence-electron chi connectivity index (χ2n) is 4.10. The smallest absolute Gasteiger partial charge is 0.261 e. The SMILES string of the molecule is NS(=O)(=O)c1cc(F)cc(NC(=O)c2c[nH]ccc2=O)c1. The van der Waals surface area contributed by atoms with E-state index in [9.17, 15) is 22.4 Å². The largest absolute Gasteiger partial charge is 0.367 e. The van der Waals surface area contributed by atoms with Crippen molar-refractivity contribution in [1.29, 1.82) is 0 Å². The molecule has 0 fully saturated rings. The minimum absolute atomic E-state index is 0.132. The Morgan fingerprint density at radius 1 is 1.29 bits per heavy atom. The van der Waals surface area contributed by atoms with Crippen LogP contribution in [0.5, 0.6) is 0 Å². The maximum Gasteiger partial charge on any atom is 0.261 e. The number of hydrogen-bond donors (Lipinski definition) is 3. The standard InChI is InChI=1S/C12H10FN3O4S/c13-7-3-8(5-9(4-7)21(14,19)20)16-12(18)10-6-15-2-1-11(10)17/h1-6H,(H,15,17)(H,16,18)(H2,14,19,20). The van der Waals surface area contributed by atoms with Crippen molar-refractivity contribution in [2.24, 2.45) is 5.14 Å². The molecule has 0 aliphatic heterocycles. The van der Waals surface area contributed by atoms with Gasteiger partial charge in [-0.05, 0) is 18.2 Å². The third-order valence-electron chi connectivity index (χ3n) is 2.53. The first kappa shape index (κ1) is 14.9. The lowest BCUT2D eigenvalue weighted by Crippen LogP contribution is -2.21. The molecule has 0 bridgehead atoms. The van der Waals surface area contributed by atoms with Crippen LogP contribution in [0.1, 0.15) is 10.4 Å². The van der Waals surface area contributed by atoms with Gasteiger partial charge in [0, 0.05) is 24.1 Å². The van der Waals surface area contributed by atoms with Crippen LogP contribution in [0.3, 0.4) is 0 Å². The van der Waals surface area contributed by atoms with Crippen LogP contribution in [0.2, 0.25) is 0 Å². The van der Waals surface area contributed by atoms with Crippen molar-refractivity contribution in [3.63, 3.8) is 0 Å². The van der Waals surface area contributed by atoms with Crippen molar-refractivity contribution in [1.82, 2.24) is 4.98 Å². The molecule has 21 heavy (non-hydrogen) atoms. The summed E-state index contributed by atoms with van der Waals surface area (Å²) in [5.41, 5.74) is -0.861. The summed E-state index contributed by atoms with van der Waals surface area (Å²) in [6, 6.07) is 3.77. The first-order valence-corrected chi connectivity index (χ1v) is 7.14. The van der Waals surface area contributed by atoms with Crippen molar-refractivity contribution >= 4 is 21.6 Å². The zero-order valence-corrected chi connectivity index (χ0v) is 11.3. The topological polar surface area (TPSA) is 122 Å². The number of hydrogen-bond acceptors (Lipinski definition) is 4. The van der Waals surface area contributed by atoms with Crippen LogP contribution in [-0.2, 0) is 10.0 Å². The molecule has 7 nitrogen and oxygen atoms in total. The van der Waals surface area contributed by atoms with Crippen molar-refractivity contribution in [3.8, 4) is 0 Å². The Morgan fingerprint density at radius 2 is 2.00 bits per heavy atom. The number of amides is 1. The number of nitrogens with one attached hydrogen (secondary N) is 2. The normalized spacial score (nSPS) is 11.1. The van der Waals surface area contributed by atoms with Gasteiger partial charge in [0.15, 0.2) is 5.43 Å². The molecule has 1 amide bonds. The van der Waals surface area contributed by atoms with Crippen LogP contribution in [0.25, 0.3) is 0 Å². The lowest BCUT2D eigenvalue weighted by molar-refractivity contribution is 0.102. The van der Waals surface area contributed by atoms with E-state index in [4.69, 9.17) is 5.14 Å². The average Bonchev–Trinajstić information content (AvgIpc) is 2.37. The van der Waals surface area contributed by atoms with Gasteiger partial charge in [0.25, 0.3) is 5.91 Å². The Kier molecular flexibility index (Phi) is 3.87. The minimum Gasteiger partial charge on any atom is -0.367 e. The first-order chi connectivity index (χ1) is 9.77. The average molecular weight is 311 g/mol. The maximum atomic E-state index is 13.4. The highest BCUT2D eigenvalue weighted by Crippen LogP contribution is 2.17. The van der Waals surface area contributed by atoms with Crippen molar-refractivity contribution in [3.05, 3.63) is 58.3 Å². The second kappa shape index (κ2) is 5.46. The van der Waals surface area contributed by atoms with Crippen molar-refractivity contribution in [2.75, 3.05) is 5.32 Å². The Morgan fingerprint density at radius 3 is 2.62 bits per heavy atom. The highest BCUT2D eigenvalue weighted by molar-refractivity contribution is 7.89. The number of nitrogens with two attached hydrogens (primary N) is 1. The highest BCUT2D eigenvalue weighted by atomic mass is 32.2. The zero-order chi connectivity index (χ0) is 15.6. The summed E-state index contributed by atoms with van der Waals surface area (Å²) in [7, 11) is -4.12. The molecular formula is C12H10FN3O4S. The molecule has 0 aliphatic rings. The zero-order valence-electron chi connectivity index (χ0n) is 10.5. The quantitative estimate of drug-likeness (QED) is 0.760. The molecule has 0 atom stereocenters. The summed E-state index contributed by atoms with van der Waals surface area (Å²) in [6.07, 6.45) is 2.53. The third-order valence-corrected chi connectivity index (χ3v) is 3.42. The number of aromatic nitrogens is 1. The van der Waals surface area contributed by atoms with Crippen LogP contribution in [0.4, 0.5) is 10.1 Å². The van der Waals surface area contributed by atoms with E-state index in [0.29, 0.717) is 0 Å². The first-order valence-electron chi connectivity index (χ1n) is 5.59. The molecule has 0 saturated heterocycles. The lowest BCUT2D eigenvalue weighted by atomic mass is 10.2. The van der Waals surface area contributed by atoms with Gasteiger partial charge in [-0.3, -0.25) is 9.59 Å². The van der Waals surface area contributed by atoms with Gasteiger partial charge in [0.2, 0.25) is 10.0 Å². The molecule has 2 rings (SSSR count). The maximum absolute atomic E-state index is 13.4. The molecule has 0 radical (unpaired) electrons. The number of pyridine rings is 1. The summed E-state index contributed by atoms with van der Waals surface area (Å²) >= 11 is 0. The molecule has 110 valence electrons. The molecule has 0 aliphatic carbocycles. The van der Waals surface area contributed by atoms with Crippen LogP contribution < -0.4 is 15.9 Å². The fourth-order valence-electron chi connectivity index (χ4n) is 1.59. The van der Waals surface area contributed by atoms with Crippen molar-refractivity contribution < 1.29 is 17.6 Å². The predicted octanol–water partition coefficient (Wildman–Crippen LogP) is 0.414. The Bertz CT molecular complexity index is 861. The lowest BCUT2D eigenvalue weighted by Gasteiger charge is -2.07. The molecular weight excluding hydrogens is 301 g/mol. The van der Waals surface area contributed by atoms with E-state index in [1.807, 2.05) is 0 Å². The number of halogens is 1. The van der Waals surface area contributed by atoms with E-state index in [1.165, 1.54) is 12.4 Å². The molecule has 0 saturated carbocycles. The Balaban J connectivity index is 2.37. The van der Waals surface area contributed by atoms with E-state index < -0.39 is 32.1 Å². The predicted molar refractivity (Wildman–Crippen MR) is 72.8 cm³/mol. The number of benzene rings is 1. The number of sulfonamides is 1. The van der Waals surface area contributed by atoms with Crippen LogP contribution in [0.15, 0.2) is 46.3 Å². The monoisotopic (exact) mass is 311 g/mol. The Hall–Kier alpha value is -2.52. The number of rotatable bonds is 3. The Labute approximate surface area is 118 Å². The van der Waals surface area contributed by atoms with E-state index in [-0.39, 0.29) is 11.3 Å². The highest BCUT2D eigenvalue weighted by Gasteiger charge is 2.14. The fourth-order valence-corrected chi connectivity index (χ4v) is 2.16. The second-order valence-corrected chi connectivity index (χ2v) is 5.66. The van der Waals surface area contributed by atoms with Gasteiger partial charge in [0.1, 0.15) is 11.4 Å². The summed E-state index contributed by atoms with van der Waals surface area (Å²) < 4.78 is 35.7. The summed E-state index contributed by atoms with van der Waals surface area (Å²) in [5.74, 6) is -1.69. The molecule has 2 aromatic rings. The molecule has 0 unspecified atom stereocenters. The van der Waals surface area contributed by atoms with E-state index in [0.717, 1.165) is 24.3 Å². The number of aromatic amines is 1.